The molecule has 0 aliphatic carbocycles. The normalized spacial score (nSPS) is 16.8. The molecular formula is C16H17FN2O2. The predicted octanol–water partition coefficient (Wildman–Crippen LogP) is 2.50. The molecule has 3 rings (SSSR count). The minimum absolute atomic E-state index is 0.150. The number of nitrogens with zero attached hydrogens (tertiary/aromatic N) is 1. The van der Waals surface area contributed by atoms with E-state index in [0.717, 1.165) is 16.8 Å². The second-order valence-electron chi connectivity index (χ2n) is 5.26. The summed E-state index contributed by atoms with van der Waals surface area (Å²) in [7, 11) is 0. The van der Waals surface area contributed by atoms with Gasteiger partial charge >= 0.3 is 0 Å². The molecule has 0 amide bonds. The third-order valence-electron chi connectivity index (χ3n) is 3.49. The van der Waals surface area contributed by atoms with Gasteiger partial charge in [-0.2, -0.15) is 0 Å². The molecule has 2 heterocycles. The number of fused-ring (bicyclic) bond motifs is 1. The number of hydrogen-bond acceptors (Lipinski definition) is 4. The fraction of sp³-hybridized carbons (Fsp3) is 0.312. The number of pyridine rings is 1. The summed E-state index contributed by atoms with van der Waals surface area (Å²) in [5, 5.41) is 12.8. The second-order valence-corrected chi connectivity index (χ2v) is 5.26. The van der Waals surface area contributed by atoms with E-state index in [0.29, 0.717) is 24.6 Å². The topological polar surface area (TPSA) is 54.4 Å². The summed E-state index contributed by atoms with van der Waals surface area (Å²) < 4.78 is 18.5. The van der Waals surface area contributed by atoms with Gasteiger partial charge in [-0.05, 0) is 42.7 Å². The van der Waals surface area contributed by atoms with Gasteiger partial charge in [-0.1, -0.05) is 12.1 Å². The summed E-state index contributed by atoms with van der Waals surface area (Å²) in [5.41, 5.74) is 3.31. The van der Waals surface area contributed by atoms with Gasteiger partial charge in [0.05, 0.1) is 24.0 Å². The molecule has 0 bridgehead atoms. The first kappa shape index (κ1) is 13.8. The minimum atomic E-state index is -0.256. The van der Waals surface area contributed by atoms with Gasteiger partial charge in [-0.25, -0.2) is 9.37 Å². The number of aliphatic hydroxyl groups excluding tert-OH is 1. The molecule has 0 spiro atoms. The highest BCUT2D eigenvalue weighted by Crippen LogP contribution is 2.30. The van der Waals surface area contributed by atoms with E-state index in [1.165, 1.54) is 12.1 Å². The van der Waals surface area contributed by atoms with Crippen LogP contribution in [0.15, 0.2) is 30.3 Å². The Morgan fingerprint density at radius 1 is 1.38 bits per heavy atom. The Hall–Kier alpha value is -2.14. The zero-order valence-electron chi connectivity index (χ0n) is 11.8. The number of aliphatic hydroxyl groups is 1. The Morgan fingerprint density at radius 3 is 2.86 bits per heavy atom. The van der Waals surface area contributed by atoms with Crippen molar-refractivity contribution in [2.45, 2.75) is 26.0 Å². The summed E-state index contributed by atoms with van der Waals surface area (Å²) in [6, 6.07) is 8.52. The molecule has 0 saturated carbocycles. The number of benzene rings is 1. The summed E-state index contributed by atoms with van der Waals surface area (Å²) in [5.74, 6) is 0.272. The van der Waals surface area contributed by atoms with Crippen LogP contribution in [0, 0.1) is 5.82 Å². The Kier molecular flexibility index (Phi) is 3.75. The Morgan fingerprint density at radius 2 is 2.14 bits per heavy atom. The van der Waals surface area contributed by atoms with Crippen molar-refractivity contribution in [2.75, 3.05) is 11.9 Å². The van der Waals surface area contributed by atoms with Crippen LogP contribution in [0.25, 0.3) is 0 Å². The van der Waals surface area contributed by atoms with Crippen molar-refractivity contribution < 1.29 is 14.2 Å². The van der Waals surface area contributed by atoms with Gasteiger partial charge in [0, 0.05) is 0 Å². The van der Waals surface area contributed by atoms with Gasteiger partial charge in [0.15, 0.2) is 0 Å². The number of anilines is 1. The number of nitrogens with one attached hydrogen (secondary N) is 1. The maximum absolute atomic E-state index is 13.0. The summed E-state index contributed by atoms with van der Waals surface area (Å²) >= 11 is 0. The van der Waals surface area contributed by atoms with Crippen LogP contribution >= 0.6 is 0 Å². The molecule has 2 N–H and O–H groups in total. The third kappa shape index (κ3) is 2.97. The van der Waals surface area contributed by atoms with Gasteiger partial charge in [-0.3, -0.25) is 0 Å². The molecule has 1 aromatic heterocycles. The fourth-order valence-electron chi connectivity index (χ4n) is 2.41. The van der Waals surface area contributed by atoms with Gasteiger partial charge < -0.3 is 15.2 Å². The highest BCUT2D eigenvalue weighted by molar-refractivity contribution is 5.57. The quantitative estimate of drug-likeness (QED) is 0.911. The number of aromatic nitrogens is 1. The summed E-state index contributed by atoms with van der Waals surface area (Å²) in [6.07, 6.45) is 0.590. The fourth-order valence-corrected chi connectivity index (χ4v) is 2.41. The van der Waals surface area contributed by atoms with Crippen molar-refractivity contribution >= 4 is 5.69 Å². The average Bonchev–Trinajstić information content (AvgIpc) is 2.49. The van der Waals surface area contributed by atoms with Gasteiger partial charge in [0.1, 0.15) is 12.4 Å². The van der Waals surface area contributed by atoms with Crippen LogP contribution in [-0.2, 0) is 13.0 Å². The van der Waals surface area contributed by atoms with E-state index in [-0.39, 0.29) is 18.5 Å². The molecule has 5 heteroatoms. The molecule has 110 valence electrons. The van der Waals surface area contributed by atoms with Crippen molar-refractivity contribution in [3.05, 3.63) is 53.0 Å². The molecule has 1 atom stereocenters. The van der Waals surface area contributed by atoms with Crippen molar-refractivity contribution in [2.24, 2.45) is 0 Å². The van der Waals surface area contributed by atoms with E-state index in [1.807, 2.05) is 13.0 Å². The summed E-state index contributed by atoms with van der Waals surface area (Å²) in [4.78, 5) is 4.37. The molecule has 2 aromatic rings. The maximum atomic E-state index is 13.0. The first-order valence-corrected chi connectivity index (χ1v) is 6.93. The van der Waals surface area contributed by atoms with E-state index in [1.54, 1.807) is 12.1 Å². The largest absolute Gasteiger partial charge is 0.474 e. The molecule has 0 radical (unpaired) electrons. The minimum Gasteiger partial charge on any atom is -0.474 e. The van der Waals surface area contributed by atoms with Crippen molar-refractivity contribution in [1.82, 2.24) is 4.98 Å². The average molecular weight is 288 g/mol. The van der Waals surface area contributed by atoms with E-state index in [2.05, 4.69) is 10.3 Å². The van der Waals surface area contributed by atoms with Crippen LogP contribution < -0.4 is 10.1 Å². The molecule has 0 saturated heterocycles. The molecule has 21 heavy (non-hydrogen) atoms. The van der Waals surface area contributed by atoms with E-state index in [4.69, 9.17) is 4.74 Å². The molecule has 0 unspecified atom stereocenters. The van der Waals surface area contributed by atoms with Crippen molar-refractivity contribution in [3.8, 4) is 5.88 Å². The Balaban J connectivity index is 1.93. The molecule has 1 aliphatic rings. The highest BCUT2D eigenvalue weighted by Gasteiger charge is 2.19. The van der Waals surface area contributed by atoms with Crippen LogP contribution in [0.2, 0.25) is 0 Å². The van der Waals surface area contributed by atoms with E-state index >= 15 is 0 Å². The van der Waals surface area contributed by atoms with Gasteiger partial charge in [-0.15, -0.1) is 0 Å². The Labute approximate surface area is 122 Å². The third-order valence-corrected chi connectivity index (χ3v) is 3.49. The number of rotatable bonds is 3. The highest BCUT2D eigenvalue weighted by atomic mass is 19.1. The van der Waals surface area contributed by atoms with Gasteiger partial charge in [0.2, 0.25) is 5.88 Å². The lowest BCUT2D eigenvalue weighted by atomic mass is 10.0. The lowest BCUT2D eigenvalue weighted by molar-refractivity contribution is 0.260. The zero-order valence-corrected chi connectivity index (χ0v) is 11.8. The molecule has 4 nitrogen and oxygen atoms in total. The molecular weight excluding hydrogens is 271 g/mol. The Bertz CT molecular complexity index is 643. The zero-order chi connectivity index (χ0) is 14.8. The monoisotopic (exact) mass is 288 g/mol. The molecule has 0 fully saturated rings. The summed E-state index contributed by atoms with van der Waals surface area (Å²) in [6.45, 7) is 2.44. The molecule has 1 aliphatic heterocycles. The van der Waals surface area contributed by atoms with Crippen LogP contribution in [-0.4, -0.2) is 22.7 Å². The number of hydrogen-bond donors (Lipinski definition) is 2. The van der Waals surface area contributed by atoms with Crippen molar-refractivity contribution in [1.29, 1.82) is 0 Å². The van der Waals surface area contributed by atoms with Crippen LogP contribution in [0.3, 0.4) is 0 Å². The van der Waals surface area contributed by atoms with Crippen molar-refractivity contribution in [3.63, 3.8) is 0 Å². The second kappa shape index (κ2) is 5.69. The lowest BCUT2D eigenvalue weighted by Crippen LogP contribution is -2.29. The maximum Gasteiger partial charge on any atom is 0.237 e. The number of ether oxygens (including phenoxy) is 1. The van der Waals surface area contributed by atoms with Crippen LogP contribution in [0.1, 0.15) is 23.7 Å². The predicted molar refractivity (Wildman–Crippen MR) is 77.9 cm³/mol. The van der Waals surface area contributed by atoms with E-state index < -0.39 is 0 Å². The van der Waals surface area contributed by atoms with Crippen LogP contribution in [0.4, 0.5) is 10.1 Å². The molecule has 1 aromatic carbocycles. The first-order valence-electron chi connectivity index (χ1n) is 6.93. The standard InChI is InChI=1S/C16H17FN2O2/c1-10-9-21-16-14(18-10)7-12(15(8-20)19-16)6-11-2-4-13(17)5-3-11/h2-5,7,10,18,20H,6,8-9H2,1H3/t10-/m0/s1. The van der Waals surface area contributed by atoms with E-state index in [9.17, 15) is 9.50 Å². The first-order chi connectivity index (χ1) is 10.2. The van der Waals surface area contributed by atoms with Crippen LogP contribution in [0.5, 0.6) is 5.88 Å². The SMILES string of the molecule is C[C@H]1COc2nc(CO)c(Cc3ccc(F)cc3)cc2N1. The van der Waals surface area contributed by atoms with Gasteiger partial charge in [0.25, 0.3) is 0 Å². The smallest absolute Gasteiger partial charge is 0.237 e. The number of halogens is 1. The lowest BCUT2D eigenvalue weighted by Gasteiger charge is -2.25.